The van der Waals surface area contributed by atoms with Crippen LogP contribution in [0.4, 0.5) is 5.69 Å². The largest absolute Gasteiger partial charge is 0.381 e. The Hall–Kier alpha value is -1.06. The molecule has 1 aliphatic heterocycles. The zero-order valence-electron chi connectivity index (χ0n) is 12.4. The van der Waals surface area contributed by atoms with E-state index in [-0.39, 0.29) is 5.41 Å². The zero-order chi connectivity index (χ0) is 13.7. The summed E-state index contributed by atoms with van der Waals surface area (Å²) in [4.78, 5) is 2.49. The van der Waals surface area contributed by atoms with Gasteiger partial charge >= 0.3 is 0 Å². The van der Waals surface area contributed by atoms with Gasteiger partial charge in [-0.15, -0.1) is 0 Å². The Bertz CT molecular complexity index is 399. The van der Waals surface area contributed by atoms with Gasteiger partial charge < -0.3 is 15.0 Å². The van der Waals surface area contributed by atoms with Crippen molar-refractivity contribution in [3.8, 4) is 0 Å². The lowest BCUT2D eigenvalue weighted by atomic mass is 9.86. The molecule has 19 heavy (non-hydrogen) atoms. The number of nitrogens with zero attached hydrogens (tertiary/aromatic N) is 1. The molecule has 1 atom stereocenters. The van der Waals surface area contributed by atoms with E-state index in [2.05, 4.69) is 48.3 Å². The molecule has 3 nitrogen and oxygen atoms in total. The van der Waals surface area contributed by atoms with E-state index in [1.54, 1.807) is 0 Å². The van der Waals surface area contributed by atoms with Crippen LogP contribution in [0.25, 0.3) is 0 Å². The van der Waals surface area contributed by atoms with Gasteiger partial charge in [-0.3, -0.25) is 0 Å². The van der Waals surface area contributed by atoms with Crippen molar-refractivity contribution >= 4 is 5.69 Å². The molecule has 0 amide bonds. The highest BCUT2D eigenvalue weighted by Gasteiger charge is 2.36. The molecular weight excluding hydrogens is 236 g/mol. The average molecular weight is 262 g/mol. The van der Waals surface area contributed by atoms with Gasteiger partial charge in [0.25, 0.3) is 0 Å². The van der Waals surface area contributed by atoms with Crippen molar-refractivity contribution in [2.45, 2.75) is 20.3 Å². The predicted octanol–water partition coefficient (Wildman–Crippen LogP) is 2.45. The fraction of sp³-hybridized carbons (Fsp3) is 0.625. The average Bonchev–Trinajstić information content (AvgIpc) is 2.86. The highest BCUT2D eigenvalue weighted by atomic mass is 16.5. The van der Waals surface area contributed by atoms with Crippen LogP contribution in [0.15, 0.2) is 24.3 Å². The summed E-state index contributed by atoms with van der Waals surface area (Å²) in [6.07, 6.45) is 1.15. The third-order valence-electron chi connectivity index (χ3n) is 4.10. The first-order chi connectivity index (χ1) is 9.21. The summed E-state index contributed by atoms with van der Waals surface area (Å²) in [6.45, 7) is 9.31. The third-order valence-corrected chi connectivity index (χ3v) is 4.10. The number of nitrogens with one attached hydrogen (secondary N) is 1. The molecule has 1 N–H and O–H groups in total. The van der Waals surface area contributed by atoms with E-state index in [9.17, 15) is 0 Å². The fourth-order valence-corrected chi connectivity index (χ4v) is 3.03. The number of aryl methyl sites for hydroxylation is 1. The lowest BCUT2D eigenvalue weighted by molar-refractivity contribution is 0.153. The molecule has 0 saturated carbocycles. The van der Waals surface area contributed by atoms with Crippen molar-refractivity contribution in [1.82, 2.24) is 5.32 Å². The molecule has 0 bridgehead atoms. The number of ether oxygens (including phenoxy) is 1. The van der Waals surface area contributed by atoms with Gasteiger partial charge in [-0.05, 0) is 38.9 Å². The fourth-order valence-electron chi connectivity index (χ4n) is 3.03. The Labute approximate surface area is 116 Å². The Morgan fingerprint density at radius 2 is 2.16 bits per heavy atom. The molecule has 0 spiro atoms. The minimum atomic E-state index is 0.257. The normalized spacial score (nSPS) is 22.7. The number of rotatable bonds is 6. The van der Waals surface area contributed by atoms with Crippen LogP contribution in [0.2, 0.25) is 0 Å². The van der Waals surface area contributed by atoms with Crippen LogP contribution in [0.1, 0.15) is 18.9 Å². The molecule has 2 rings (SSSR count). The van der Waals surface area contributed by atoms with E-state index >= 15 is 0 Å². The molecule has 0 aliphatic carbocycles. The van der Waals surface area contributed by atoms with Crippen molar-refractivity contribution in [2.75, 3.05) is 44.8 Å². The van der Waals surface area contributed by atoms with Crippen molar-refractivity contribution in [1.29, 1.82) is 0 Å². The molecule has 3 heteroatoms. The van der Waals surface area contributed by atoms with E-state index in [4.69, 9.17) is 4.74 Å². The summed E-state index contributed by atoms with van der Waals surface area (Å²) in [5.74, 6) is 0. The Morgan fingerprint density at radius 1 is 1.37 bits per heavy atom. The highest BCUT2D eigenvalue weighted by Crippen LogP contribution is 2.31. The van der Waals surface area contributed by atoms with Crippen LogP contribution in [0, 0.1) is 12.3 Å². The second kappa shape index (κ2) is 6.40. The molecule has 0 aromatic heterocycles. The van der Waals surface area contributed by atoms with Gasteiger partial charge in [0, 0.05) is 37.3 Å². The molecule has 1 saturated heterocycles. The van der Waals surface area contributed by atoms with Gasteiger partial charge in [0.15, 0.2) is 0 Å². The van der Waals surface area contributed by atoms with Gasteiger partial charge in [0.05, 0.1) is 6.61 Å². The summed E-state index contributed by atoms with van der Waals surface area (Å²) >= 11 is 0. The maximum absolute atomic E-state index is 5.66. The molecule has 1 unspecified atom stereocenters. The van der Waals surface area contributed by atoms with E-state index in [0.717, 1.165) is 39.3 Å². The smallest absolute Gasteiger partial charge is 0.0552 e. The maximum Gasteiger partial charge on any atom is 0.0552 e. The minimum absolute atomic E-state index is 0.257. The van der Waals surface area contributed by atoms with Gasteiger partial charge in [0.2, 0.25) is 0 Å². The predicted molar refractivity (Wildman–Crippen MR) is 80.9 cm³/mol. The first kappa shape index (κ1) is 14.4. The van der Waals surface area contributed by atoms with Crippen LogP contribution in [-0.4, -0.2) is 39.9 Å². The van der Waals surface area contributed by atoms with E-state index in [1.807, 2.05) is 7.05 Å². The molecule has 1 heterocycles. The van der Waals surface area contributed by atoms with Crippen molar-refractivity contribution in [3.05, 3.63) is 29.8 Å². The van der Waals surface area contributed by atoms with Crippen LogP contribution in [0.3, 0.4) is 0 Å². The molecule has 1 aliphatic rings. The second-order valence-electron chi connectivity index (χ2n) is 5.63. The van der Waals surface area contributed by atoms with E-state index in [1.165, 1.54) is 11.3 Å². The maximum atomic E-state index is 5.66. The molecule has 1 aromatic rings. The number of benzene rings is 1. The summed E-state index contributed by atoms with van der Waals surface area (Å²) < 4.78 is 5.66. The monoisotopic (exact) mass is 262 g/mol. The van der Waals surface area contributed by atoms with E-state index in [0.29, 0.717) is 0 Å². The van der Waals surface area contributed by atoms with Gasteiger partial charge in [-0.25, -0.2) is 0 Å². The van der Waals surface area contributed by atoms with Crippen LogP contribution >= 0.6 is 0 Å². The van der Waals surface area contributed by atoms with Gasteiger partial charge in [-0.2, -0.15) is 0 Å². The van der Waals surface area contributed by atoms with Crippen LogP contribution in [-0.2, 0) is 4.74 Å². The van der Waals surface area contributed by atoms with Gasteiger partial charge in [-0.1, -0.05) is 18.2 Å². The number of hydrogen-bond acceptors (Lipinski definition) is 3. The number of hydrogen-bond donors (Lipinski definition) is 1. The molecule has 1 aromatic carbocycles. The molecule has 0 radical (unpaired) electrons. The Morgan fingerprint density at radius 3 is 2.74 bits per heavy atom. The topological polar surface area (TPSA) is 24.5 Å². The minimum Gasteiger partial charge on any atom is -0.381 e. The second-order valence-corrected chi connectivity index (χ2v) is 5.63. The molecule has 106 valence electrons. The molecular formula is C16H26N2O. The first-order valence-electron chi connectivity index (χ1n) is 7.24. The Balaban J connectivity index is 2.16. The van der Waals surface area contributed by atoms with Crippen molar-refractivity contribution in [2.24, 2.45) is 5.41 Å². The highest BCUT2D eigenvalue weighted by molar-refractivity contribution is 5.53. The summed E-state index contributed by atoms with van der Waals surface area (Å²) in [5.41, 5.74) is 2.96. The lowest BCUT2D eigenvalue weighted by Gasteiger charge is -2.35. The first-order valence-corrected chi connectivity index (χ1v) is 7.24. The summed E-state index contributed by atoms with van der Waals surface area (Å²) in [5, 5.41) is 3.34. The summed E-state index contributed by atoms with van der Waals surface area (Å²) in [6, 6.07) is 8.64. The van der Waals surface area contributed by atoms with Crippen molar-refractivity contribution in [3.63, 3.8) is 0 Å². The van der Waals surface area contributed by atoms with Gasteiger partial charge in [0.1, 0.15) is 0 Å². The van der Waals surface area contributed by atoms with E-state index < -0.39 is 0 Å². The SMILES string of the molecule is CCN(CC1(CNC)CCOC1)c1ccccc1C. The molecule has 1 fully saturated rings. The number of anilines is 1. The quantitative estimate of drug-likeness (QED) is 0.852. The summed E-state index contributed by atoms with van der Waals surface area (Å²) in [7, 11) is 2.03. The van der Waals surface area contributed by atoms with Crippen LogP contribution < -0.4 is 10.2 Å². The lowest BCUT2D eigenvalue weighted by Crippen LogP contribution is -2.44. The number of para-hydroxylation sites is 1. The third kappa shape index (κ3) is 3.28. The van der Waals surface area contributed by atoms with Crippen molar-refractivity contribution < 1.29 is 4.74 Å². The standard InChI is InChI=1S/C16H26N2O/c1-4-18(15-8-6-5-7-14(15)2)12-16(11-17-3)9-10-19-13-16/h5-8,17H,4,9-13H2,1-3H3. The Kier molecular flexibility index (Phi) is 4.83. The van der Waals surface area contributed by atoms with Crippen LogP contribution in [0.5, 0.6) is 0 Å². The zero-order valence-corrected chi connectivity index (χ0v) is 12.4.